The zero-order valence-electron chi connectivity index (χ0n) is 16.3. The van der Waals surface area contributed by atoms with Gasteiger partial charge in [0.1, 0.15) is 23.2 Å². The van der Waals surface area contributed by atoms with Gasteiger partial charge in [0, 0.05) is 31.1 Å². The molecule has 2 aliphatic heterocycles. The number of aromatic nitrogens is 1. The summed E-state index contributed by atoms with van der Waals surface area (Å²) >= 11 is 1.45. The Morgan fingerprint density at radius 1 is 1.27 bits per heavy atom. The van der Waals surface area contributed by atoms with Crippen LogP contribution in [0.2, 0.25) is 0 Å². The summed E-state index contributed by atoms with van der Waals surface area (Å²) in [7, 11) is 1.89. The Hall–Kier alpha value is -3.04. The number of carbonyl (C=O) groups excluding carboxylic acids is 2. The molecule has 156 valence electrons. The monoisotopic (exact) mass is 426 g/mol. The standard InChI is InChI=1S/C21H22N4O4S/c1-24-9-5-8-14(24)10-13-11-30-20-16(19(27)25(20)17(13)21(28)29)23-18(26)15(22)12-6-3-2-4-7-12/h2-9,15-16,20H,10-11,22H2,1H3,(H,23,26)(H,28,29)/t15-,16-,20-/m1/s1. The molecule has 2 aromatic rings. The number of nitrogens with zero attached hydrogens (tertiary/aromatic N) is 2. The predicted octanol–water partition coefficient (Wildman–Crippen LogP) is 1.01. The third-order valence-electron chi connectivity index (χ3n) is 5.43. The van der Waals surface area contributed by atoms with Gasteiger partial charge in [-0.25, -0.2) is 4.79 Å². The number of fused-ring (bicyclic) bond motifs is 1. The van der Waals surface area contributed by atoms with Gasteiger partial charge in [-0.2, -0.15) is 0 Å². The maximum atomic E-state index is 12.8. The van der Waals surface area contributed by atoms with E-state index in [1.165, 1.54) is 16.7 Å². The smallest absolute Gasteiger partial charge is 0.352 e. The first-order valence-electron chi connectivity index (χ1n) is 9.49. The van der Waals surface area contributed by atoms with Crippen LogP contribution in [0.1, 0.15) is 17.3 Å². The summed E-state index contributed by atoms with van der Waals surface area (Å²) in [5.74, 6) is -1.56. The second kappa shape index (κ2) is 8.00. The lowest BCUT2D eigenvalue weighted by Crippen LogP contribution is -2.71. The third-order valence-corrected chi connectivity index (χ3v) is 6.77. The molecule has 2 aliphatic rings. The highest BCUT2D eigenvalue weighted by Gasteiger charge is 2.54. The zero-order valence-corrected chi connectivity index (χ0v) is 17.1. The summed E-state index contributed by atoms with van der Waals surface area (Å²) in [6.07, 6.45) is 2.34. The number of aliphatic carboxylic acids is 1. The average molecular weight is 426 g/mol. The number of aryl methyl sites for hydroxylation is 1. The number of β-lactam (4-membered cyclic amide) rings is 1. The van der Waals surface area contributed by atoms with Crippen LogP contribution in [0.25, 0.3) is 0 Å². The van der Waals surface area contributed by atoms with Gasteiger partial charge >= 0.3 is 5.97 Å². The highest BCUT2D eigenvalue weighted by Crippen LogP contribution is 2.41. The molecule has 2 amide bonds. The van der Waals surface area contributed by atoms with Gasteiger partial charge in [-0.15, -0.1) is 11.8 Å². The van der Waals surface area contributed by atoms with E-state index in [0.29, 0.717) is 23.3 Å². The van der Waals surface area contributed by atoms with Crippen LogP contribution in [0.4, 0.5) is 0 Å². The molecular weight excluding hydrogens is 404 g/mol. The Kier molecular flexibility index (Phi) is 5.40. The highest BCUT2D eigenvalue weighted by atomic mass is 32.2. The van der Waals surface area contributed by atoms with Crippen LogP contribution in [-0.2, 0) is 27.9 Å². The Morgan fingerprint density at radius 2 is 2.00 bits per heavy atom. The van der Waals surface area contributed by atoms with Gasteiger partial charge in [-0.1, -0.05) is 30.3 Å². The van der Waals surface area contributed by atoms with E-state index in [2.05, 4.69) is 5.32 Å². The van der Waals surface area contributed by atoms with Crippen molar-refractivity contribution in [2.24, 2.45) is 12.8 Å². The molecule has 0 aliphatic carbocycles. The molecule has 0 saturated carbocycles. The van der Waals surface area contributed by atoms with E-state index in [0.717, 1.165) is 5.69 Å². The molecule has 3 heterocycles. The number of benzene rings is 1. The Balaban J connectivity index is 1.51. The number of thioether (sulfide) groups is 1. The number of carboxylic acids is 1. The summed E-state index contributed by atoms with van der Waals surface area (Å²) < 4.78 is 1.93. The fraction of sp³-hybridized carbons (Fsp3) is 0.286. The molecule has 3 atom stereocenters. The van der Waals surface area contributed by atoms with Crippen LogP contribution >= 0.6 is 11.8 Å². The fourth-order valence-corrected chi connectivity index (χ4v) is 5.12. The van der Waals surface area contributed by atoms with Gasteiger partial charge in [0.2, 0.25) is 5.91 Å². The minimum absolute atomic E-state index is 0.0165. The van der Waals surface area contributed by atoms with Crippen LogP contribution < -0.4 is 11.1 Å². The van der Waals surface area contributed by atoms with E-state index in [4.69, 9.17) is 5.73 Å². The molecular formula is C21H22N4O4S. The van der Waals surface area contributed by atoms with Crippen molar-refractivity contribution >= 4 is 29.5 Å². The van der Waals surface area contributed by atoms with Crippen molar-refractivity contribution in [2.75, 3.05) is 5.75 Å². The molecule has 9 heteroatoms. The van der Waals surface area contributed by atoms with Gasteiger partial charge in [-0.05, 0) is 23.3 Å². The molecule has 1 fully saturated rings. The largest absolute Gasteiger partial charge is 0.477 e. The minimum Gasteiger partial charge on any atom is -0.477 e. The molecule has 4 rings (SSSR count). The lowest BCUT2D eigenvalue weighted by Gasteiger charge is -2.49. The van der Waals surface area contributed by atoms with Crippen LogP contribution in [0.3, 0.4) is 0 Å². The van der Waals surface area contributed by atoms with E-state index in [-0.39, 0.29) is 5.70 Å². The molecule has 0 spiro atoms. The van der Waals surface area contributed by atoms with Gasteiger partial charge in [0.15, 0.2) is 0 Å². The summed E-state index contributed by atoms with van der Waals surface area (Å²) in [5, 5.41) is 12.0. The quantitative estimate of drug-likeness (QED) is 0.594. The normalized spacial score (nSPS) is 21.7. The topological polar surface area (TPSA) is 118 Å². The third kappa shape index (κ3) is 3.50. The fourth-order valence-electron chi connectivity index (χ4n) is 3.77. The lowest BCUT2D eigenvalue weighted by molar-refractivity contribution is -0.150. The van der Waals surface area contributed by atoms with Crippen molar-refractivity contribution in [1.29, 1.82) is 0 Å². The second-order valence-electron chi connectivity index (χ2n) is 7.33. The van der Waals surface area contributed by atoms with Crippen molar-refractivity contribution in [2.45, 2.75) is 23.9 Å². The highest BCUT2D eigenvalue weighted by molar-refractivity contribution is 8.00. The summed E-state index contributed by atoms with van der Waals surface area (Å²) in [6, 6.07) is 11.0. The predicted molar refractivity (Wildman–Crippen MR) is 112 cm³/mol. The van der Waals surface area contributed by atoms with Crippen LogP contribution in [0.5, 0.6) is 0 Å². The number of hydrogen-bond acceptors (Lipinski definition) is 5. The number of amides is 2. The molecule has 30 heavy (non-hydrogen) atoms. The van der Waals surface area contributed by atoms with E-state index < -0.39 is 35.2 Å². The Morgan fingerprint density at radius 3 is 2.63 bits per heavy atom. The summed E-state index contributed by atoms with van der Waals surface area (Å²) in [6.45, 7) is 0. The van der Waals surface area contributed by atoms with Crippen molar-refractivity contribution in [3.8, 4) is 0 Å². The van der Waals surface area contributed by atoms with Crippen molar-refractivity contribution in [1.82, 2.24) is 14.8 Å². The maximum Gasteiger partial charge on any atom is 0.352 e. The van der Waals surface area contributed by atoms with Crippen molar-refractivity contribution in [3.05, 3.63) is 71.2 Å². The SMILES string of the molecule is Cn1cccc1CC1=C(C(=O)O)N2C(=O)[C@@H](NC(=O)[C@H](N)c3ccccc3)[C@H]2SC1. The molecule has 4 N–H and O–H groups in total. The number of rotatable bonds is 6. The van der Waals surface area contributed by atoms with E-state index in [1.54, 1.807) is 24.3 Å². The molecule has 8 nitrogen and oxygen atoms in total. The van der Waals surface area contributed by atoms with Gasteiger partial charge < -0.3 is 20.7 Å². The van der Waals surface area contributed by atoms with Crippen LogP contribution in [-0.4, -0.2) is 49.5 Å². The molecule has 1 aromatic carbocycles. The zero-order chi connectivity index (χ0) is 21.4. The molecule has 1 saturated heterocycles. The Labute approximate surface area is 177 Å². The number of carbonyl (C=O) groups is 3. The van der Waals surface area contributed by atoms with Gasteiger partial charge in [0.25, 0.3) is 5.91 Å². The molecule has 1 aromatic heterocycles. The number of nitrogens with two attached hydrogens (primary N) is 1. The number of hydrogen-bond donors (Lipinski definition) is 3. The molecule has 0 bridgehead atoms. The van der Waals surface area contributed by atoms with Crippen LogP contribution in [0.15, 0.2) is 59.9 Å². The van der Waals surface area contributed by atoms with Gasteiger partial charge in [0.05, 0.1) is 0 Å². The number of nitrogens with one attached hydrogen (secondary N) is 1. The summed E-state index contributed by atoms with van der Waals surface area (Å²) in [4.78, 5) is 38.6. The molecule has 0 radical (unpaired) electrons. The number of carboxylic acid groups (broad SMARTS) is 1. The van der Waals surface area contributed by atoms with E-state index in [1.807, 2.05) is 36.0 Å². The second-order valence-corrected chi connectivity index (χ2v) is 8.43. The van der Waals surface area contributed by atoms with Gasteiger partial charge in [-0.3, -0.25) is 14.5 Å². The van der Waals surface area contributed by atoms with Crippen molar-refractivity contribution in [3.63, 3.8) is 0 Å². The summed E-state index contributed by atoms with van der Waals surface area (Å²) in [5.41, 5.74) is 8.33. The average Bonchev–Trinajstić information content (AvgIpc) is 3.15. The first kappa shape index (κ1) is 20.2. The van der Waals surface area contributed by atoms with E-state index >= 15 is 0 Å². The lowest BCUT2D eigenvalue weighted by atomic mass is 9.99. The molecule has 0 unspecified atom stereocenters. The first-order chi connectivity index (χ1) is 14.4. The minimum atomic E-state index is -1.14. The van der Waals surface area contributed by atoms with Crippen molar-refractivity contribution < 1.29 is 19.5 Å². The van der Waals surface area contributed by atoms with Crippen LogP contribution in [0, 0.1) is 0 Å². The first-order valence-corrected chi connectivity index (χ1v) is 10.5. The van der Waals surface area contributed by atoms with E-state index in [9.17, 15) is 19.5 Å². The Bertz CT molecular complexity index is 1030. The maximum absolute atomic E-state index is 12.8.